The summed E-state index contributed by atoms with van der Waals surface area (Å²) in [5, 5.41) is 7.47. The quantitative estimate of drug-likeness (QED) is 0.224. The van der Waals surface area contributed by atoms with Crippen molar-refractivity contribution in [3.8, 4) is 16.8 Å². The second-order valence-corrected chi connectivity index (χ2v) is 11.2. The van der Waals surface area contributed by atoms with Crippen molar-refractivity contribution < 1.29 is 4.42 Å². The Kier molecular flexibility index (Phi) is 4.24. The number of para-hydroxylation sites is 3. The summed E-state index contributed by atoms with van der Waals surface area (Å²) in [6, 6.07) is 45.9. The molecule has 0 bridgehead atoms. The van der Waals surface area contributed by atoms with Crippen LogP contribution in [-0.4, -0.2) is 4.57 Å². The number of thiophene rings is 1. The van der Waals surface area contributed by atoms with Gasteiger partial charge in [0, 0.05) is 41.7 Å². The van der Waals surface area contributed by atoms with Crippen LogP contribution in [-0.2, 0) is 0 Å². The first-order valence-electron chi connectivity index (χ1n) is 13.2. The molecule has 0 amide bonds. The average molecular weight is 516 g/mol. The molecule has 0 unspecified atom stereocenters. The van der Waals surface area contributed by atoms with Crippen molar-refractivity contribution in [2.75, 3.05) is 0 Å². The molecular formula is C36H21NOS. The van der Waals surface area contributed by atoms with Crippen LogP contribution in [0.2, 0.25) is 0 Å². The van der Waals surface area contributed by atoms with Crippen LogP contribution in [0.1, 0.15) is 0 Å². The van der Waals surface area contributed by atoms with E-state index in [2.05, 4.69) is 120 Å². The summed E-state index contributed by atoms with van der Waals surface area (Å²) >= 11 is 1.86. The lowest BCUT2D eigenvalue weighted by Crippen LogP contribution is -1.94. The second-order valence-electron chi connectivity index (χ2n) is 10.1. The summed E-state index contributed by atoms with van der Waals surface area (Å²) in [4.78, 5) is 0. The number of fused-ring (bicyclic) bond motifs is 9. The molecule has 0 radical (unpaired) electrons. The van der Waals surface area contributed by atoms with Crippen LogP contribution >= 0.6 is 11.3 Å². The van der Waals surface area contributed by atoms with Gasteiger partial charge in [-0.3, -0.25) is 0 Å². The van der Waals surface area contributed by atoms with E-state index in [9.17, 15) is 0 Å². The Morgan fingerprint density at radius 1 is 0.462 bits per heavy atom. The number of furan rings is 1. The monoisotopic (exact) mass is 515 g/mol. The van der Waals surface area contributed by atoms with E-state index >= 15 is 0 Å². The van der Waals surface area contributed by atoms with Crippen molar-refractivity contribution in [3.05, 3.63) is 127 Å². The molecule has 0 aliphatic rings. The molecule has 0 atom stereocenters. The second kappa shape index (κ2) is 7.83. The fraction of sp³-hybridized carbons (Fsp3) is 0. The van der Waals surface area contributed by atoms with E-state index in [0.717, 1.165) is 27.5 Å². The van der Waals surface area contributed by atoms with Gasteiger partial charge in [-0.15, -0.1) is 11.3 Å². The smallest absolute Gasteiger partial charge is 0.136 e. The van der Waals surface area contributed by atoms with E-state index in [1.807, 2.05) is 23.5 Å². The van der Waals surface area contributed by atoms with Crippen LogP contribution in [0, 0.1) is 0 Å². The molecule has 0 saturated heterocycles. The van der Waals surface area contributed by atoms with Gasteiger partial charge in [0.2, 0.25) is 0 Å². The summed E-state index contributed by atoms with van der Waals surface area (Å²) in [6.45, 7) is 0. The zero-order valence-electron chi connectivity index (χ0n) is 20.9. The number of aromatic nitrogens is 1. The van der Waals surface area contributed by atoms with Crippen LogP contribution in [0.4, 0.5) is 0 Å². The minimum Gasteiger partial charge on any atom is -0.456 e. The zero-order chi connectivity index (χ0) is 25.5. The first kappa shape index (κ1) is 21.1. The lowest BCUT2D eigenvalue weighted by Gasteiger charge is -2.10. The maximum absolute atomic E-state index is 6.21. The number of hydrogen-bond donors (Lipinski definition) is 0. The Hall–Kier alpha value is -4.86. The van der Waals surface area contributed by atoms with E-state index in [0.29, 0.717) is 0 Å². The van der Waals surface area contributed by atoms with Crippen molar-refractivity contribution in [3.63, 3.8) is 0 Å². The molecule has 3 heterocycles. The van der Waals surface area contributed by atoms with E-state index in [-0.39, 0.29) is 0 Å². The normalized spacial score (nSPS) is 12.1. The highest BCUT2D eigenvalue weighted by atomic mass is 32.1. The summed E-state index contributed by atoms with van der Waals surface area (Å²) in [5.74, 6) is 0. The van der Waals surface area contributed by atoms with E-state index in [1.165, 1.54) is 53.2 Å². The molecule has 39 heavy (non-hydrogen) atoms. The number of nitrogens with zero attached hydrogens (tertiary/aromatic N) is 1. The first-order valence-corrected chi connectivity index (χ1v) is 14.0. The van der Waals surface area contributed by atoms with Gasteiger partial charge in [0.05, 0.1) is 16.7 Å². The molecule has 2 nitrogen and oxygen atoms in total. The van der Waals surface area contributed by atoms with E-state index in [1.54, 1.807) is 0 Å². The maximum atomic E-state index is 6.21. The predicted octanol–water partition coefficient (Wildman–Crippen LogP) is 10.7. The molecule has 0 fully saturated rings. The molecular weight excluding hydrogens is 494 g/mol. The van der Waals surface area contributed by atoms with Crippen LogP contribution < -0.4 is 0 Å². The Labute approximate surface area is 227 Å². The van der Waals surface area contributed by atoms with Crippen molar-refractivity contribution >= 4 is 75.3 Å². The van der Waals surface area contributed by atoms with Gasteiger partial charge in [-0.1, -0.05) is 72.8 Å². The summed E-state index contributed by atoms with van der Waals surface area (Å²) in [6.07, 6.45) is 0. The molecule has 0 saturated carbocycles. The number of benzene rings is 6. The van der Waals surface area contributed by atoms with Gasteiger partial charge in [-0.2, -0.15) is 0 Å². The topological polar surface area (TPSA) is 18.1 Å². The molecule has 9 aromatic rings. The summed E-state index contributed by atoms with van der Waals surface area (Å²) in [5.41, 5.74) is 7.91. The Morgan fingerprint density at radius 3 is 1.95 bits per heavy atom. The standard InChI is InChI=1S/C36H21NOS/c1-4-11-29-24(8-1)25-9-2-5-12-30(25)37(29)31-13-7-15-35-36(31)28-20-22(17-19-34(28)39-35)23-16-18-27-26-10-3-6-14-32(26)38-33(27)21-23/h1-21H. The molecule has 182 valence electrons. The lowest BCUT2D eigenvalue weighted by atomic mass is 10.0. The van der Waals surface area contributed by atoms with Crippen molar-refractivity contribution in [2.45, 2.75) is 0 Å². The van der Waals surface area contributed by atoms with Crippen molar-refractivity contribution in [1.29, 1.82) is 0 Å². The summed E-state index contributed by atoms with van der Waals surface area (Å²) < 4.78 is 11.2. The van der Waals surface area contributed by atoms with Gasteiger partial charge in [-0.05, 0) is 65.7 Å². The van der Waals surface area contributed by atoms with Crippen LogP contribution in [0.25, 0.3) is 80.7 Å². The molecule has 3 heteroatoms. The highest BCUT2D eigenvalue weighted by molar-refractivity contribution is 7.25. The Balaban J connectivity index is 1.31. The largest absolute Gasteiger partial charge is 0.456 e. The SMILES string of the molecule is c1ccc2c(c1)oc1cc(-c3ccc4sc5cccc(-n6c7ccccc7c7ccccc76)c5c4c3)ccc12. The number of hydrogen-bond acceptors (Lipinski definition) is 2. The molecule has 9 rings (SSSR count). The maximum Gasteiger partial charge on any atom is 0.136 e. The molecule has 0 aliphatic carbocycles. The van der Waals surface area contributed by atoms with Crippen LogP contribution in [0.15, 0.2) is 132 Å². The third kappa shape index (κ3) is 2.96. The molecule has 3 aromatic heterocycles. The first-order chi connectivity index (χ1) is 19.3. The van der Waals surface area contributed by atoms with Gasteiger partial charge in [-0.25, -0.2) is 0 Å². The van der Waals surface area contributed by atoms with Gasteiger partial charge < -0.3 is 8.98 Å². The lowest BCUT2D eigenvalue weighted by molar-refractivity contribution is 0.669. The highest BCUT2D eigenvalue weighted by Crippen LogP contribution is 2.42. The fourth-order valence-electron chi connectivity index (χ4n) is 6.26. The minimum atomic E-state index is 0.926. The molecule has 6 aromatic carbocycles. The minimum absolute atomic E-state index is 0.926. The van der Waals surface area contributed by atoms with Gasteiger partial charge in [0.1, 0.15) is 11.2 Å². The molecule has 0 spiro atoms. The number of rotatable bonds is 2. The highest BCUT2D eigenvalue weighted by Gasteiger charge is 2.17. The summed E-state index contributed by atoms with van der Waals surface area (Å²) in [7, 11) is 0. The predicted molar refractivity (Wildman–Crippen MR) is 166 cm³/mol. The van der Waals surface area contributed by atoms with Gasteiger partial charge >= 0.3 is 0 Å². The molecule has 0 N–H and O–H groups in total. The average Bonchev–Trinajstić information content (AvgIpc) is 3.66. The van der Waals surface area contributed by atoms with E-state index in [4.69, 9.17) is 4.42 Å². The third-order valence-corrected chi connectivity index (χ3v) is 9.14. The van der Waals surface area contributed by atoms with Crippen molar-refractivity contribution in [1.82, 2.24) is 4.57 Å². The van der Waals surface area contributed by atoms with Gasteiger partial charge in [0.25, 0.3) is 0 Å². The van der Waals surface area contributed by atoms with Crippen LogP contribution in [0.3, 0.4) is 0 Å². The third-order valence-electron chi connectivity index (χ3n) is 8.01. The zero-order valence-corrected chi connectivity index (χ0v) is 21.7. The van der Waals surface area contributed by atoms with Crippen LogP contribution in [0.5, 0.6) is 0 Å². The fourth-order valence-corrected chi connectivity index (χ4v) is 7.37. The Morgan fingerprint density at radius 2 is 1.13 bits per heavy atom. The Bertz CT molecular complexity index is 2350. The molecule has 0 aliphatic heterocycles. The van der Waals surface area contributed by atoms with Crippen molar-refractivity contribution in [2.24, 2.45) is 0 Å². The van der Waals surface area contributed by atoms with E-state index < -0.39 is 0 Å². The van der Waals surface area contributed by atoms with Gasteiger partial charge in [0.15, 0.2) is 0 Å².